The SMILES string of the molecule is CC1(C)Oc2cc([N+](=O)[O-])ccc2C(CCc2ccc(F)cc2)C1O. The minimum absolute atomic E-state index is 0.0387. The van der Waals surface area contributed by atoms with E-state index in [0.29, 0.717) is 18.6 Å². The van der Waals surface area contributed by atoms with E-state index in [0.717, 1.165) is 11.1 Å². The maximum atomic E-state index is 13.0. The molecule has 0 spiro atoms. The van der Waals surface area contributed by atoms with E-state index >= 15 is 0 Å². The number of aliphatic hydroxyl groups is 1. The molecule has 0 aromatic heterocycles. The zero-order valence-electron chi connectivity index (χ0n) is 14.1. The first-order chi connectivity index (χ1) is 11.8. The Morgan fingerprint density at radius 3 is 2.56 bits per heavy atom. The second-order valence-electron chi connectivity index (χ2n) is 6.90. The number of non-ortho nitro benzene ring substituents is 1. The van der Waals surface area contributed by atoms with Gasteiger partial charge in [0.1, 0.15) is 23.3 Å². The number of nitro groups is 1. The predicted octanol–water partition coefficient (Wildman–Crippen LogP) is 3.98. The Hall–Kier alpha value is -2.47. The van der Waals surface area contributed by atoms with Gasteiger partial charge in [0, 0.05) is 17.5 Å². The van der Waals surface area contributed by atoms with Crippen LogP contribution in [0.3, 0.4) is 0 Å². The minimum atomic E-state index is -0.852. The second kappa shape index (κ2) is 6.44. The number of hydrogen-bond donors (Lipinski definition) is 1. The van der Waals surface area contributed by atoms with Crippen molar-refractivity contribution in [2.75, 3.05) is 0 Å². The third kappa shape index (κ3) is 3.49. The van der Waals surface area contributed by atoms with Crippen molar-refractivity contribution in [1.29, 1.82) is 0 Å². The molecule has 0 amide bonds. The molecule has 0 saturated heterocycles. The highest BCUT2D eigenvalue weighted by molar-refractivity contribution is 5.48. The molecule has 1 heterocycles. The smallest absolute Gasteiger partial charge is 0.273 e. The van der Waals surface area contributed by atoms with E-state index in [1.165, 1.54) is 24.3 Å². The first kappa shape index (κ1) is 17.4. The Labute approximate surface area is 145 Å². The van der Waals surface area contributed by atoms with Gasteiger partial charge in [0.15, 0.2) is 0 Å². The summed E-state index contributed by atoms with van der Waals surface area (Å²) in [6.45, 7) is 3.54. The lowest BCUT2D eigenvalue weighted by Gasteiger charge is -2.42. The molecule has 2 aromatic carbocycles. The average molecular weight is 345 g/mol. The number of halogens is 1. The third-order valence-electron chi connectivity index (χ3n) is 4.73. The standard InChI is InChI=1S/C19H20FNO4/c1-19(2)18(22)16(9-5-12-3-6-13(20)7-4-12)15-10-8-14(21(23)24)11-17(15)25-19/h3-4,6-8,10-11,16,18,22H,5,9H2,1-2H3. The van der Waals surface area contributed by atoms with Crippen molar-refractivity contribution in [1.82, 2.24) is 0 Å². The van der Waals surface area contributed by atoms with Crippen molar-refractivity contribution in [3.05, 3.63) is 69.5 Å². The third-order valence-corrected chi connectivity index (χ3v) is 4.73. The summed E-state index contributed by atoms with van der Waals surface area (Å²) in [6, 6.07) is 10.8. The van der Waals surface area contributed by atoms with E-state index in [1.807, 2.05) is 0 Å². The van der Waals surface area contributed by atoms with Crippen LogP contribution in [0.5, 0.6) is 5.75 Å². The van der Waals surface area contributed by atoms with Crippen LogP contribution in [0.2, 0.25) is 0 Å². The van der Waals surface area contributed by atoms with Crippen LogP contribution >= 0.6 is 0 Å². The summed E-state index contributed by atoms with van der Waals surface area (Å²) in [7, 11) is 0. The van der Waals surface area contributed by atoms with E-state index in [9.17, 15) is 19.6 Å². The quantitative estimate of drug-likeness (QED) is 0.672. The molecule has 5 nitrogen and oxygen atoms in total. The Kier molecular flexibility index (Phi) is 4.47. The molecule has 1 aliphatic rings. The zero-order chi connectivity index (χ0) is 18.2. The molecule has 1 aliphatic heterocycles. The maximum absolute atomic E-state index is 13.0. The van der Waals surface area contributed by atoms with Gasteiger partial charge in [0.05, 0.1) is 11.0 Å². The maximum Gasteiger partial charge on any atom is 0.273 e. The number of rotatable bonds is 4. The minimum Gasteiger partial charge on any atom is -0.485 e. The van der Waals surface area contributed by atoms with Crippen LogP contribution in [-0.2, 0) is 6.42 Å². The molecule has 0 bridgehead atoms. The predicted molar refractivity (Wildman–Crippen MR) is 91.3 cm³/mol. The summed E-state index contributed by atoms with van der Waals surface area (Å²) in [5.74, 6) is -0.0631. The van der Waals surface area contributed by atoms with Crippen LogP contribution < -0.4 is 4.74 Å². The van der Waals surface area contributed by atoms with Gasteiger partial charge in [-0.1, -0.05) is 12.1 Å². The van der Waals surface area contributed by atoms with Crippen molar-refractivity contribution in [2.45, 2.75) is 44.3 Å². The summed E-state index contributed by atoms with van der Waals surface area (Å²) in [4.78, 5) is 10.5. The number of aliphatic hydroxyl groups excluding tert-OH is 1. The Bertz CT molecular complexity index is 789. The van der Waals surface area contributed by atoms with Crippen molar-refractivity contribution in [3.8, 4) is 5.75 Å². The highest BCUT2D eigenvalue weighted by Crippen LogP contribution is 2.44. The number of fused-ring (bicyclic) bond motifs is 1. The van der Waals surface area contributed by atoms with E-state index in [4.69, 9.17) is 4.74 Å². The summed E-state index contributed by atoms with van der Waals surface area (Å²) in [5.41, 5.74) is 0.847. The van der Waals surface area contributed by atoms with E-state index < -0.39 is 16.6 Å². The van der Waals surface area contributed by atoms with Crippen LogP contribution in [0.15, 0.2) is 42.5 Å². The highest BCUT2D eigenvalue weighted by Gasteiger charge is 2.42. The summed E-state index contributed by atoms with van der Waals surface area (Å²) < 4.78 is 18.9. The normalized spacial score (nSPS) is 21.3. The molecule has 0 radical (unpaired) electrons. The fourth-order valence-electron chi connectivity index (χ4n) is 3.32. The molecule has 25 heavy (non-hydrogen) atoms. The molecule has 1 N–H and O–H groups in total. The largest absolute Gasteiger partial charge is 0.485 e. The van der Waals surface area contributed by atoms with Crippen LogP contribution in [0.25, 0.3) is 0 Å². The fourth-order valence-corrected chi connectivity index (χ4v) is 3.32. The molecule has 0 saturated carbocycles. The molecule has 2 atom stereocenters. The number of aryl methyl sites for hydroxylation is 1. The Morgan fingerprint density at radius 1 is 1.24 bits per heavy atom. The van der Waals surface area contributed by atoms with Crippen molar-refractivity contribution >= 4 is 5.69 Å². The van der Waals surface area contributed by atoms with E-state index in [2.05, 4.69) is 0 Å². The number of hydrogen-bond acceptors (Lipinski definition) is 4. The van der Waals surface area contributed by atoms with Crippen LogP contribution in [-0.4, -0.2) is 21.7 Å². The lowest BCUT2D eigenvalue weighted by atomic mass is 9.78. The first-order valence-electron chi connectivity index (χ1n) is 8.18. The first-order valence-corrected chi connectivity index (χ1v) is 8.18. The lowest BCUT2D eigenvalue weighted by Crippen LogP contribution is -2.48. The van der Waals surface area contributed by atoms with Gasteiger partial charge in [0.2, 0.25) is 0 Å². The lowest BCUT2D eigenvalue weighted by molar-refractivity contribution is -0.385. The molecule has 6 heteroatoms. The molecule has 132 valence electrons. The topological polar surface area (TPSA) is 72.6 Å². The molecule has 2 aromatic rings. The van der Waals surface area contributed by atoms with Gasteiger partial charge in [-0.3, -0.25) is 10.1 Å². The number of nitrogens with zero attached hydrogens (tertiary/aromatic N) is 1. The van der Waals surface area contributed by atoms with Crippen molar-refractivity contribution < 1.29 is 19.2 Å². The Balaban J connectivity index is 1.89. The summed E-state index contributed by atoms with van der Waals surface area (Å²) in [6.07, 6.45) is 0.542. The molecule has 2 unspecified atom stereocenters. The van der Waals surface area contributed by atoms with Gasteiger partial charge >= 0.3 is 0 Å². The zero-order valence-corrected chi connectivity index (χ0v) is 14.1. The van der Waals surface area contributed by atoms with Crippen molar-refractivity contribution in [2.24, 2.45) is 0 Å². The van der Waals surface area contributed by atoms with Gasteiger partial charge in [-0.25, -0.2) is 4.39 Å². The van der Waals surface area contributed by atoms with Gasteiger partial charge in [-0.2, -0.15) is 0 Å². The number of benzene rings is 2. The van der Waals surface area contributed by atoms with Crippen LogP contribution in [0.4, 0.5) is 10.1 Å². The molecular weight excluding hydrogens is 325 g/mol. The van der Waals surface area contributed by atoms with E-state index in [1.54, 1.807) is 32.0 Å². The van der Waals surface area contributed by atoms with Gasteiger partial charge in [0.25, 0.3) is 5.69 Å². The van der Waals surface area contributed by atoms with Crippen molar-refractivity contribution in [3.63, 3.8) is 0 Å². The van der Waals surface area contributed by atoms with Gasteiger partial charge in [-0.15, -0.1) is 0 Å². The highest BCUT2D eigenvalue weighted by atomic mass is 19.1. The number of nitro benzene ring substituents is 1. The summed E-state index contributed by atoms with van der Waals surface area (Å²) in [5, 5.41) is 21.7. The number of ether oxygens (including phenoxy) is 1. The van der Waals surface area contributed by atoms with Gasteiger partial charge < -0.3 is 9.84 Å². The summed E-state index contributed by atoms with van der Waals surface area (Å²) >= 11 is 0. The fraction of sp³-hybridized carbons (Fsp3) is 0.368. The molecule has 3 rings (SSSR count). The average Bonchev–Trinajstić information content (AvgIpc) is 2.56. The molecular formula is C19H20FNO4. The van der Waals surface area contributed by atoms with E-state index in [-0.39, 0.29) is 17.4 Å². The molecule has 0 fully saturated rings. The molecule has 0 aliphatic carbocycles. The Morgan fingerprint density at radius 2 is 1.92 bits per heavy atom. The monoisotopic (exact) mass is 345 g/mol. The van der Waals surface area contributed by atoms with Crippen LogP contribution in [0.1, 0.15) is 37.3 Å². The van der Waals surface area contributed by atoms with Crippen LogP contribution in [0, 0.1) is 15.9 Å². The second-order valence-corrected chi connectivity index (χ2v) is 6.90. The van der Waals surface area contributed by atoms with Gasteiger partial charge in [-0.05, 0) is 50.5 Å².